The maximum absolute atomic E-state index is 13.3. The van der Waals surface area contributed by atoms with Crippen LogP contribution in [0, 0.1) is 0 Å². The lowest BCUT2D eigenvalue weighted by Gasteiger charge is -2.31. The fraction of sp³-hybridized carbons (Fsp3) is 0.440. The zero-order valence-corrected chi connectivity index (χ0v) is 21.3. The minimum atomic E-state index is -0.605. The highest BCUT2D eigenvalue weighted by atomic mass is 79.9. The first kappa shape index (κ1) is 25.7. The van der Waals surface area contributed by atoms with Crippen LogP contribution in [0.15, 0.2) is 46.9 Å². The molecule has 2 aromatic rings. The van der Waals surface area contributed by atoms with Crippen molar-refractivity contribution in [2.75, 3.05) is 14.2 Å². The third-order valence-electron chi connectivity index (χ3n) is 4.98. The summed E-state index contributed by atoms with van der Waals surface area (Å²) in [6.07, 6.45) is 0.804. The van der Waals surface area contributed by atoms with Gasteiger partial charge in [0.25, 0.3) is 0 Å². The number of nitrogens with one attached hydrogen (secondary N) is 1. The highest BCUT2D eigenvalue weighted by molar-refractivity contribution is 9.10. The lowest BCUT2D eigenvalue weighted by atomic mass is 10.1. The van der Waals surface area contributed by atoms with Gasteiger partial charge in [0.15, 0.2) is 11.5 Å². The van der Waals surface area contributed by atoms with E-state index in [0.717, 1.165) is 15.6 Å². The summed E-state index contributed by atoms with van der Waals surface area (Å²) >= 11 is 3.48. The second-order valence-corrected chi connectivity index (χ2v) is 9.67. The van der Waals surface area contributed by atoms with Crippen molar-refractivity contribution in [1.29, 1.82) is 0 Å². The summed E-state index contributed by atoms with van der Waals surface area (Å²) in [5, 5.41) is 2.98. The molecule has 0 radical (unpaired) electrons. The lowest BCUT2D eigenvalue weighted by Crippen LogP contribution is -2.52. The van der Waals surface area contributed by atoms with Crippen LogP contribution in [0.2, 0.25) is 0 Å². The third-order valence-corrected chi connectivity index (χ3v) is 5.48. The maximum atomic E-state index is 13.3. The molecule has 0 saturated heterocycles. The second-order valence-electron chi connectivity index (χ2n) is 8.76. The molecule has 0 saturated carbocycles. The van der Waals surface area contributed by atoms with Crippen molar-refractivity contribution in [3.63, 3.8) is 0 Å². The number of hydrogen-bond donors (Lipinski definition) is 1. The van der Waals surface area contributed by atoms with Crippen molar-refractivity contribution in [1.82, 2.24) is 10.2 Å². The van der Waals surface area contributed by atoms with Crippen molar-refractivity contribution in [2.45, 2.75) is 58.7 Å². The van der Waals surface area contributed by atoms with E-state index in [9.17, 15) is 9.59 Å². The van der Waals surface area contributed by atoms with Gasteiger partial charge in [0.1, 0.15) is 6.04 Å². The molecule has 0 aliphatic carbocycles. The van der Waals surface area contributed by atoms with Crippen molar-refractivity contribution in [3.8, 4) is 11.5 Å². The van der Waals surface area contributed by atoms with E-state index in [1.165, 1.54) is 0 Å². The van der Waals surface area contributed by atoms with E-state index >= 15 is 0 Å². The van der Waals surface area contributed by atoms with E-state index < -0.39 is 6.04 Å². The van der Waals surface area contributed by atoms with Crippen molar-refractivity contribution < 1.29 is 19.1 Å². The predicted octanol–water partition coefficient (Wildman–Crippen LogP) is 4.73. The Kier molecular flexibility index (Phi) is 9.13. The second kappa shape index (κ2) is 11.4. The van der Waals surface area contributed by atoms with Gasteiger partial charge in [0.05, 0.1) is 14.2 Å². The maximum Gasteiger partial charge on any atom is 0.242 e. The van der Waals surface area contributed by atoms with Gasteiger partial charge in [-0.25, -0.2) is 0 Å². The number of benzene rings is 2. The van der Waals surface area contributed by atoms with Crippen molar-refractivity contribution in [2.24, 2.45) is 0 Å². The largest absolute Gasteiger partial charge is 0.493 e. The fourth-order valence-electron chi connectivity index (χ4n) is 3.32. The molecule has 2 amide bonds. The van der Waals surface area contributed by atoms with Gasteiger partial charge < -0.3 is 19.7 Å². The average Bonchev–Trinajstić information content (AvgIpc) is 2.73. The number of aryl methyl sites for hydroxylation is 1. The van der Waals surface area contributed by atoms with Gasteiger partial charge >= 0.3 is 0 Å². The number of methoxy groups -OCH3 is 2. The Morgan fingerprint density at radius 2 is 1.72 bits per heavy atom. The molecule has 32 heavy (non-hydrogen) atoms. The molecule has 174 valence electrons. The Morgan fingerprint density at radius 1 is 1.03 bits per heavy atom. The first-order valence-electron chi connectivity index (χ1n) is 10.6. The van der Waals surface area contributed by atoms with Gasteiger partial charge in [0, 0.05) is 23.0 Å². The molecule has 2 rings (SSSR count). The van der Waals surface area contributed by atoms with Crippen LogP contribution in [0.3, 0.4) is 0 Å². The summed E-state index contributed by atoms with van der Waals surface area (Å²) < 4.78 is 11.6. The van der Waals surface area contributed by atoms with Crippen LogP contribution in [-0.4, -0.2) is 42.5 Å². The average molecular weight is 505 g/mol. The van der Waals surface area contributed by atoms with E-state index in [2.05, 4.69) is 21.2 Å². The van der Waals surface area contributed by atoms with Crippen LogP contribution in [0.1, 0.15) is 45.2 Å². The Morgan fingerprint density at radius 3 is 2.31 bits per heavy atom. The van der Waals surface area contributed by atoms with Crippen LogP contribution < -0.4 is 14.8 Å². The molecule has 1 N–H and O–H groups in total. The zero-order valence-electron chi connectivity index (χ0n) is 19.7. The number of hydrogen-bond acceptors (Lipinski definition) is 4. The molecule has 0 spiro atoms. The molecule has 0 fully saturated rings. The summed E-state index contributed by atoms with van der Waals surface area (Å²) in [4.78, 5) is 27.8. The number of ether oxygens (including phenoxy) is 2. The van der Waals surface area contributed by atoms with E-state index in [1.54, 1.807) is 26.0 Å². The van der Waals surface area contributed by atoms with Crippen LogP contribution in [0.25, 0.3) is 0 Å². The minimum Gasteiger partial charge on any atom is -0.493 e. The van der Waals surface area contributed by atoms with Gasteiger partial charge in [-0.3, -0.25) is 9.59 Å². The first-order valence-corrected chi connectivity index (χ1v) is 11.4. The molecular formula is C25H33BrN2O4. The molecule has 1 unspecified atom stereocenters. The van der Waals surface area contributed by atoms with Gasteiger partial charge in [-0.05, 0) is 69.5 Å². The normalized spacial score (nSPS) is 12.1. The highest BCUT2D eigenvalue weighted by Crippen LogP contribution is 2.28. The van der Waals surface area contributed by atoms with Crippen molar-refractivity contribution >= 4 is 27.7 Å². The molecule has 0 aromatic heterocycles. The van der Waals surface area contributed by atoms with Gasteiger partial charge in [-0.2, -0.15) is 0 Å². The summed E-state index contributed by atoms with van der Waals surface area (Å²) in [5.74, 6) is 1.01. The van der Waals surface area contributed by atoms with E-state index in [1.807, 2.05) is 63.2 Å². The van der Waals surface area contributed by atoms with Crippen LogP contribution in [0.5, 0.6) is 11.5 Å². The lowest BCUT2D eigenvalue weighted by molar-refractivity contribution is -0.141. The standard InChI is InChI=1S/C25H33BrN2O4/c1-17(24(30)27-25(2,3)4)28(16-19-8-7-9-20(26)14-19)23(29)13-11-18-10-12-21(31-5)22(15-18)32-6/h7-10,12,14-15,17H,11,13,16H2,1-6H3,(H,27,30). The molecule has 2 aromatic carbocycles. The van der Waals surface area contributed by atoms with E-state index in [-0.39, 0.29) is 23.8 Å². The first-order chi connectivity index (χ1) is 15.0. The Balaban J connectivity index is 2.20. The number of amides is 2. The van der Waals surface area contributed by atoms with Crippen LogP contribution in [0.4, 0.5) is 0 Å². The molecule has 1 atom stereocenters. The number of halogens is 1. The monoisotopic (exact) mass is 504 g/mol. The fourth-order valence-corrected chi connectivity index (χ4v) is 3.77. The molecule has 0 heterocycles. The van der Waals surface area contributed by atoms with Crippen molar-refractivity contribution in [3.05, 3.63) is 58.1 Å². The summed E-state index contributed by atoms with van der Waals surface area (Å²) in [6, 6.07) is 12.8. The number of carbonyl (C=O) groups is 2. The smallest absolute Gasteiger partial charge is 0.242 e. The molecule has 7 heteroatoms. The molecule has 6 nitrogen and oxygen atoms in total. The summed E-state index contributed by atoms with van der Waals surface area (Å²) in [7, 11) is 3.17. The molecular weight excluding hydrogens is 472 g/mol. The topological polar surface area (TPSA) is 67.9 Å². The number of rotatable bonds is 9. The summed E-state index contributed by atoms with van der Waals surface area (Å²) in [6.45, 7) is 7.90. The van der Waals surface area contributed by atoms with E-state index in [4.69, 9.17) is 9.47 Å². The van der Waals surface area contributed by atoms with Gasteiger partial charge in [-0.1, -0.05) is 34.1 Å². The quantitative estimate of drug-likeness (QED) is 0.535. The van der Waals surface area contributed by atoms with Crippen LogP contribution >= 0.6 is 15.9 Å². The molecule has 0 bridgehead atoms. The SMILES string of the molecule is COc1ccc(CCC(=O)N(Cc2cccc(Br)c2)C(C)C(=O)NC(C)(C)C)cc1OC. The van der Waals surface area contributed by atoms with Gasteiger partial charge in [-0.15, -0.1) is 0 Å². The minimum absolute atomic E-state index is 0.0867. The third kappa shape index (κ3) is 7.55. The Hall–Kier alpha value is -2.54. The summed E-state index contributed by atoms with van der Waals surface area (Å²) in [5.41, 5.74) is 1.54. The van der Waals surface area contributed by atoms with E-state index in [0.29, 0.717) is 24.5 Å². The number of carbonyl (C=O) groups excluding carboxylic acids is 2. The predicted molar refractivity (Wildman–Crippen MR) is 130 cm³/mol. The number of nitrogens with zero attached hydrogens (tertiary/aromatic N) is 1. The zero-order chi connectivity index (χ0) is 23.9. The molecule has 0 aliphatic rings. The van der Waals surface area contributed by atoms with Crippen LogP contribution in [-0.2, 0) is 22.6 Å². The highest BCUT2D eigenvalue weighted by Gasteiger charge is 2.28. The molecule has 0 aliphatic heterocycles. The Labute approximate surface area is 199 Å². The van der Waals surface area contributed by atoms with Gasteiger partial charge in [0.2, 0.25) is 11.8 Å². The Bertz CT molecular complexity index is 940.